The van der Waals surface area contributed by atoms with Crippen molar-refractivity contribution in [2.45, 2.75) is 0 Å². The first-order chi connectivity index (χ1) is 2.89. The second-order valence-electron chi connectivity index (χ2n) is 1.16. The molecule has 0 aromatic rings. The SMILES string of the molecule is ON1CCNN1. The highest BCUT2D eigenvalue weighted by atomic mass is 16.6. The topological polar surface area (TPSA) is 47.5 Å². The van der Waals surface area contributed by atoms with Gasteiger partial charge in [0.05, 0.1) is 6.54 Å². The van der Waals surface area contributed by atoms with Crippen LogP contribution >= 0.6 is 0 Å². The van der Waals surface area contributed by atoms with Crippen molar-refractivity contribution in [3.63, 3.8) is 0 Å². The molecule has 1 heterocycles. The van der Waals surface area contributed by atoms with Crippen LogP contribution in [0.1, 0.15) is 0 Å². The molecule has 0 saturated carbocycles. The van der Waals surface area contributed by atoms with E-state index in [2.05, 4.69) is 11.0 Å². The smallest absolute Gasteiger partial charge is 0.0552 e. The number of hydroxylamine groups is 1. The minimum atomic E-state index is 0.653. The fraction of sp³-hybridized carbons (Fsp3) is 1.00. The van der Waals surface area contributed by atoms with E-state index in [1.54, 1.807) is 0 Å². The standard InChI is InChI=1S/C2H7N3O/c6-5-2-1-3-4-5/h3-4,6H,1-2H2. The summed E-state index contributed by atoms with van der Waals surface area (Å²) in [5.41, 5.74) is 5.16. The predicted octanol–water partition coefficient (Wildman–Crippen LogP) is -1.30. The minimum absolute atomic E-state index is 0.653. The van der Waals surface area contributed by atoms with Gasteiger partial charge in [0.25, 0.3) is 0 Å². The van der Waals surface area contributed by atoms with E-state index in [4.69, 9.17) is 5.21 Å². The Hall–Kier alpha value is -0.160. The molecule has 0 radical (unpaired) electrons. The summed E-state index contributed by atoms with van der Waals surface area (Å²) in [5.74, 6) is 0. The maximum absolute atomic E-state index is 8.39. The number of hydrogen-bond acceptors (Lipinski definition) is 4. The quantitative estimate of drug-likeness (QED) is 0.345. The molecule has 1 aliphatic heterocycles. The summed E-state index contributed by atoms with van der Waals surface area (Å²) < 4.78 is 0. The van der Waals surface area contributed by atoms with E-state index in [0.29, 0.717) is 6.54 Å². The van der Waals surface area contributed by atoms with E-state index in [1.807, 2.05) is 0 Å². The molecule has 0 aliphatic carbocycles. The highest BCUT2D eigenvalue weighted by molar-refractivity contribution is 4.45. The molecule has 3 N–H and O–H groups in total. The zero-order chi connectivity index (χ0) is 4.41. The van der Waals surface area contributed by atoms with Crippen LogP contribution in [0.3, 0.4) is 0 Å². The average molecular weight is 89.1 g/mol. The van der Waals surface area contributed by atoms with Crippen LogP contribution in [-0.4, -0.2) is 23.5 Å². The molecule has 36 valence electrons. The summed E-state index contributed by atoms with van der Waals surface area (Å²) in [4.78, 5) is 0. The van der Waals surface area contributed by atoms with Gasteiger partial charge in [0.15, 0.2) is 0 Å². The molecule has 0 amide bonds. The lowest BCUT2D eigenvalue weighted by Gasteiger charge is -1.99. The summed E-state index contributed by atoms with van der Waals surface area (Å²) in [7, 11) is 0. The van der Waals surface area contributed by atoms with Crippen molar-refractivity contribution >= 4 is 0 Å². The first-order valence-corrected chi connectivity index (χ1v) is 1.84. The Morgan fingerprint density at radius 3 is 2.67 bits per heavy atom. The van der Waals surface area contributed by atoms with Crippen molar-refractivity contribution in [2.24, 2.45) is 0 Å². The van der Waals surface area contributed by atoms with Crippen LogP contribution in [-0.2, 0) is 0 Å². The van der Waals surface area contributed by atoms with E-state index in [1.165, 1.54) is 0 Å². The number of hydrogen-bond donors (Lipinski definition) is 3. The maximum atomic E-state index is 8.39. The Morgan fingerprint density at radius 2 is 2.50 bits per heavy atom. The number of nitrogens with one attached hydrogen (secondary N) is 2. The fourth-order valence-electron chi connectivity index (χ4n) is 0.365. The molecule has 0 aromatic heterocycles. The van der Waals surface area contributed by atoms with Crippen LogP contribution in [0.15, 0.2) is 0 Å². The molecule has 1 saturated heterocycles. The van der Waals surface area contributed by atoms with Gasteiger partial charge in [0.1, 0.15) is 0 Å². The first-order valence-electron chi connectivity index (χ1n) is 1.84. The Kier molecular flexibility index (Phi) is 1.02. The molecule has 0 atom stereocenters. The van der Waals surface area contributed by atoms with Crippen LogP contribution in [0.4, 0.5) is 0 Å². The Balaban J connectivity index is 2.18. The lowest BCUT2D eigenvalue weighted by molar-refractivity contribution is -0.117. The first kappa shape index (κ1) is 4.01. The van der Waals surface area contributed by atoms with Crippen molar-refractivity contribution < 1.29 is 5.21 Å². The van der Waals surface area contributed by atoms with Gasteiger partial charge < -0.3 is 0 Å². The molecular weight excluding hydrogens is 82.0 g/mol. The lowest BCUT2D eigenvalue weighted by atomic mass is 10.7. The summed E-state index contributed by atoms with van der Waals surface area (Å²) >= 11 is 0. The van der Waals surface area contributed by atoms with Gasteiger partial charge in [-0.05, 0) is 0 Å². The van der Waals surface area contributed by atoms with Gasteiger partial charge in [-0.15, -0.1) is 5.17 Å². The molecule has 6 heavy (non-hydrogen) atoms. The van der Waals surface area contributed by atoms with E-state index >= 15 is 0 Å². The van der Waals surface area contributed by atoms with Crippen molar-refractivity contribution in [3.8, 4) is 0 Å². The normalized spacial score (nSPS) is 25.5. The Bertz CT molecular complexity index is 42.1. The third kappa shape index (κ3) is 0.662. The zero-order valence-corrected chi connectivity index (χ0v) is 3.31. The average Bonchev–Trinajstić information content (AvgIpc) is 1.86. The van der Waals surface area contributed by atoms with E-state index in [0.717, 1.165) is 11.7 Å². The van der Waals surface area contributed by atoms with Gasteiger partial charge in [-0.2, -0.15) is 5.53 Å². The molecule has 0 aromatic carbocycles. The summed E-state index contributed by atoms with van der Waals surface area (Å²) in [6, 6.07) is 0. The van der Waals surface area contributed by atoms with E-state index in [-0.39, 0.29) is 0 Å². The lowest BCUT2D eigenvalue weighted by Crippen LogP contribution is -2.32. The highest BCUT2D eigenvalue weighted by Gasteiger charge is 2.02. The van der Waals surface area contributed by atoms with Crippen LogP contribution in [0.2, 0.25) is 0 Å². The number of rotatable bonds is 0. The third-order valence-corrected chi connectivity index (χ3v) is 0.657. The highest BCUT2D eigenvalue weighted by Crippen LogP contribution is 1.74. The van der Waals surface area contributed by atoms with Gasteiger partial charge in [-0.25, -0.2) is 5.43 Å². The number of hydrazine groups is 2. The molecule has 1 fully saturated rings. The molecule has 0 bridgehead atoms. The maximum Gasteiger partial charge on any atom is 0.0552 e. The zero-order valence-electron chi connectivity index (χ0n) is 3.31. The van der Waals surface area contributed by atoms with Gasteiger partial charge in [0.2, 0.25) is 0 Å². The summed E-state index contributed by atoms with van der Waals surface area (Å²) in [6.45, 7) is 1.45. The number of nitrogens with zero attached hydrogens (tertiary/aromatic N) is 1. The van der Waals surface area contributed by atoms with Crippen molar-refractivity contribution in [2.75, 3.05) is 13.1 Å². The van der Waals surface area contributed by atoms with Gasteiger partial charge in [-0.1, -0.05) is 0 Å². The van der Waals surface area contributed by atoms with E-state index in [9.17, 15) is 0 Å². The van der Waals surface area contributed by atoms with Crippen molar-refractivity contribution in [1.82, 2.24) is 16.1 Å². The Morgan fingerprint density at radius 1 is 1.67 bits per heavy atom. The Labute approximate surface area is 35.6 Å². The molecule has 1 rings (SSSR count). The second-order valence-corrected chi connectivity index (χ2v) is 1.16. The molecule has 0 unspecified atom stereocenters. The molecule has 0 spiro atoms. The fourth-order valence-corrected chi connectivity index (χ4v) is 0.365. The van der Waals surface area contributed by atoms with Crippen LogP contribution in [0.5, 0.6) is 0 Å². The predicted molar refractivity (Wildman–Crippen MR) is 19.6 cm³/mol. The van der Waals surface area contributed by atoms with Crippen molar-refractivity contribution in [1.29, 1.82) is 0 Å². The van der Waals surface area contributed by atoms with Crippen LogP contribution < -0.4 is 11.0 Å². The van der Waals surface area contributed by atoms with Gasteiger partial charge in [0, 0.05) is 6.54 Å². The summed E-state index contributed by atoms with van der Waals surface area (Å²) in [6.07, 6.45) is 0. The molecule has 4 heteroatoms. The van der Waals surface area contributed by atoms with E-state index < -0.39 is 0 Å². The summed E-state index contributed by atoms with van der Waals surface area (Å²) in [5, 5.41) is 9.39. The third-order valence-electron chi connectivity index (χ3n) is 0.657. The van der Waals surface area contributed by atoms with Gasteiger partial charge >= 0.3 is 0 Å². The van der Waals surface area contributed by atoms with Crippen molar-refractivity contribution in [3.05, 3.63) is 0 Å². The largest absolute Gasteiger partial charge is 0.298 e. The molecule has 4 nitrogen and oxygen atoms in total. The van der Waals surface area contributed by atoms with Gasteiger partial charge in [-0.3, -0.25) is 5.21 Å². The minimum Gasteiger partial charge on any atom is -0.298 e. The monoisotopic (exact) mass is 89.1 g/mol. The molecule has 1 aliphatic rings. The second kappa shape index (κ2) is 1.53. The molecular formula is C2H7N3O. The van der Waals surface area contributed by atoms with Crippen LogP contribution in [0.25, 0.3) is 0 Å². The van der Waals surface area contributed by atoms with Crippen LogP contribution in [0, 0.1) is 0 Å².